The first-order valence-corrected chi connectivity index (χ1v) is 19.7. The van der Waals surface area contributed by atoms with Gasteiger partial charge in [0.25, 0.3) is 6.02 Å². The molecule has 0 amide bonds. The largest absolute Gasteiger partial charge is 0.461 e. The van der Waals surface area contributed by atoms with Crippen LogP contribution in [-0.2, 0) is 23.7 Å². The van der Waals surface area contributed by atoms with Crippen LogP contribution in [0.25, 0.3) is 0 Å². The molecule has 7 rings (SSSR count). The standard InChI is InChI=1S/C42H61N3O5/c1-41(2)46-27-36(49-41)25-44-40(45-26-37-28-47-42(3,4)50-37)48-35-23-38(43-24-35)39(33-19-15-31(16-20-33)29-11-7-5-8-12-29)34-21-17-32(18-22-34)30-13-9-6-10-14-30/h15-22,29-30,35-39,43H,5-14,23-28H2,1-4H3,(H,44,45)/t35-,36?,37?,38?/m1/s1. The van der Waals surface area contributed by atoms with Crippen molar-refractivity contribution in [2.75, 3.05) is 32.8 Å². The monoisotopic (exact) mass is 687 g/mol. The van der Waals surface area contributed by atoms with Gasteiger partial charge in [-0.2, -0.15) is 0 Å². The van der Waals surface area contributed by atoms with Gasteiger partial charge in [-0.3, -0.25) is 0 Å². The second kappa shape index (κ2) is 16.0. The lowest BCUT2D eigenvalue weighted by atomic mass is 9.79. The van der Waals surface area contributed by atoms with Crippen molar-refractivity contribution >= 4 is 6.02 Å². The highest BCUT2D eigenvalue weighted by atomic mass is 16.7. The quantitative estimate of drug-likeness (QED) is 0.194. The molecule has 0 bridgehead atoms. The molecule has 2 saturated carbocycles. The molecule has 3 unspecified atom stereocenters. The van der Waals surface area contributed by atoms with Crippen LogP contribution in [0.1, 0.15) is 138 Å². The number of rotatable bonds is 10. The molecule has 3 heterocycles. The number of benzene rings is 2. The van der Waals surface area contributed by atoms with E-state index >= 15 is 0 Å². The highest BCUT2D eigenvalue weighted by Gasteiger charge is 2.37. The van der Waals surface area contributed by atoms with Crippen LogP contribution in [0.5, 0.6) is 0 Å². The Kier molecular flexibility index (Phi) is 11.5. The van der Waals surface area contributed by atoms with Crippen LogP contribution in [0.3, 0.4) is 0 Å². The maximum Gasteiger partial charge on any atom is 0.285 e. The molecular formula is C42H61N3O5. The SMILES string of the molecule is CC1(C)OCC(CN=C(NCC2COC(C)(C)O2)O[C@H]2CNC(C(c3ccc(C4CCCCC4)cc3)c3ccc(C4CCCCC4)cc3)C2)O1. The zero-order valence-electron chi connectivity index (χ0n) is 31.0. The molecule has 0 spiro atoms. The summed E-state index contributed by atoms with van der Waals surface area (Å²) in [6.45, 7) is 10.6. The Balaban J connectivity index is 1.07. The van der Waals surface area contributed by atoms with Crippen LogP contribution >= 0.6 is 0 Å². The Labute approximate surface area is 300 Å². The predicted molar refractivity (Wildman–Crippen MR) is 198 cm³/mol. The van der Waals surface area contributed by atoms with Crippen molar-refractivity contribution in [1.29, 1.82) is 0 Å². The summed E-state index contributed by atoms with van der Waals surface area (Å²) in [5, 5.41) is 7.34. The fourth-order valence-corrected chi connectivity index (χ4v) is 8.95. The summed E-state index contributed by atoms with van der Waals surface area (Å²) < 4.78 is 30.4. The lowest BCUT2D eigenvalue weighted by molar-refractivity contribution is -0.137. The molecule has 8 nitrogen and oxygen atoms in total. The van der Waals surface area contributed by atoms with Crippen molar-refractivity contribution in [1.82, 2.24) is 10.6 Å². The molecule has 0 radical (unpaired) electrons. The molecule has 2 aromatic rings. The van der Waals surface area contributed by atoms with E-state index in [1.807, 2.05) is 27.7 Å². The van der Waals surface area contributed by atoms with Gasteiger partial charge in [0.15, 0.2) is 11.6 Å². The first-order chi connectivity index (χ1) is 24.2. The molecule has 274 valence electrons. The molecule has 2 aromatic carbocycles. The fraction of sp³-hybridized carbons (Fsp3) is 0.690. The summed E-state index contributed by atoms with van der Waals surface area (Å²) in [5.74, 6) is 0.480. The minimum atomic E-state index is -0.587. The number of ether oxygens (including phenoxy) is 5. The summed E-state index contributed by atoms with van der Waals surface area (Å²) in [6, 6.07) is 20.1. The van der Waals surface area contributed by atoms with Gasteiger partial charge < -0.3 is 34.3 Å². The highest BCUT2D eigenvalue weighted by molar-refractivity contribution is 5.74. The van der Waals surface area contributed by atoms with Crippen molar-refractivity contribution in [3.63, 3.8) is 0 Å². The van der Waals surface area contributed by atoms with Gasteiger partial charge >= 0.3 is 0 Å². The predicted octanol–water partition coefficient (Wildman–Crippen LogP) is 7.91. The van der Waals surface area contributed by atoms with Crippen molar-refractivity contribution in [2.24, 2.45) is 4.99 Å². The summed E-state index contributed by atoms with van der Waals surface area (Å²) >= 11 is 0. The van der Waals surface area contributed by atoms with E-state index < -0.39 is 11.6 Å². The minimum Gasteiger partial charge on any atom is -0.461 e. The van der Waals surface area contributed by atoms with E-state index in [-0.39, 0.29) is 30.3 Å². The van der Waals surface area contributed by atoms with Crippen LogP contribution in [-0.4, -0.2) is 74.8 Å². The Hall–Kier alpha value is -2.49. The first kappa shape index (κ1) is 35.9. The lowest BCUT2D eigenvalue weighted by Crippen LogP contribution is -2.38. The average molecular weight is 688 g/mol. The van der Waals surface area contributed by atoms with E-state index in [1.165, 1.54) is 86.5 Å². The van der Waals surface area contributed by atoms with Crippen molar-refractivity contribution in [3.05, 3.63) is 70.8 Å². The number of nitrogens with zero attached hydrogens (tertiary/aromatic N) is 1. The third-order valence-corrected chi connectivity index (χ3v) is 11.6. The molecule has 0 aromatic heterocycles. The van der Waals surface area contributed by atoms with Gasteiger partial charge in [-0.15, -0.1) is 0 Å². The normalized spacial score (nSPS) is 29.1. The Morgan fingerprint density at radius 1 is 0.760 bits per heavy atom. The van der Waals surface area contributed by atoms with E-state index in [4.69, 9.17) is 28.7 Å². The number of amidine groups is 1. The van der Waals surface area contributed by atoms with Crippen LogP contribution < -0.4 is 10.6 Å². The van der Waals surface area contributed by atoms with E-state index in [1.54, 1.807) is 0 Å². The van der Waals surface area contributed by atoms with Crippen molar-refractivity contribution in [2.45, 2.75) is 152 Å². The Morgan fingerprint density at radius 2 is 1.28 bits per heavy atom. The summed E-state index contributed by atoms with van der Waals surface area (Å²) in [7, 11) is 0. The molecule has 3 saturated heterocycles. The fourth-order valence-electron chi connectivity index (χ4n) is 8.95. The maximum absolute atomic E-state index is 6.67. The molecule has 4 atom stereocenters. The molecule has 3 aliphatic heterocycles. The molecule has 2 aliphatic carbocycles. The number of nitrogens with one attached hydrogen (secondary N) is 2. The summed E-state index contributed by atoms with van der Waals surface area (Å²) in [6.07, 6.45) is 14.2. The molecule has 50 heavy (non-hydrogen) atoms. The Bertz CT molecular complexity index is 1340. The third kappa shape index (κ3) is 9.29. The first-order valence-electron chi connectivity index (χ1n) is 19.7. The van der Waals surface area contributed by atoms with Crippen LogP contribution in [0.2, 0.25) is 0 Å². The third-order valence-electron chi connectivity index (χ3n) is 11.6. The van der Waals surface area contributed by atoms with Gasteiger partial charge in [-0.25, -0.2) is 4.99 Å². The second-order valence-corrected chi connectivity index (χ2v) is 16.4. The summed E-state index contributed by atoms with van der Waals surface area (Å²) in [5.41, 5.74) is 5.77. The number of hydrogen-bond donors (Lipinski definition) is 2. The van der Waals surface area contributed by atoms with E-state index in [2.05, 4.69) is 59.2 Å². The molecule has 8 heteroatoms. The average Bonchev–Trinajstić information content (AvgIpc) is 3.84. The van der Waals surface area contributed by atoms with E-state index in [9.17, 15) is 0 Å². The van der Waals surface area contributed by atoms with Gasteiger partial charge in [0, 0.05) is 31.5 Å². The molecular weight excluding hydrogens is 626 g/mol. The van der Waals surface area contributed by atoms with E-state index in [0.717, 1.165) is 13.0 Å². The number of aliphatic imine (C=N–C) groups is 1. The van der Waals surface area contributed by atoms with Gasteiger partial charge in [0.05, 0.1) is 19.8 Å². The second-order valence-electron chi connectivity index (χ2n) is 16.4. The topological polar surface area (TPSA) is 82.6 Å². The van der Waals surface area contributed by atoms with E-state index in [0.29, 0.717) is 44.2 Å². The molecule has 5 aliphatic rings. The van der Waals surface area contributed by atoms with Gasteiger partial charge in [-0.1, -0.05) is 87.1 Å². The van der Waals surface area contributed by atoms with Crippen LogP contribution in [0.15, 0.2) is 53.5 Å². The van der Waals surface area contributed by atoms with Gasteiger partial charge in [0.2, 0.25) is 0 Å². The van der Waals surface area contributed by atoms with Crippen molar-refractivity contribution in [3.8, 4) is 0 Å². The molecule has 2 N–H and O–H groups in total. The van der Waals surface area contributed by atoms with Crippen molar-refractivity contribution < 1.29 is 23.7 Å². The minimum absolute atomic E-state index is 0.0221. The lowest BCUT2D eigenvalue weighted by Gasteiger charge is -2.28. The summed E-state index contributed by atoms with van der Waals surface area (Å²) in [4.78, 5) is 4.88. The molecule has 5 fully saturated rings. The van der Waals surface area contributed by atoms with Crippen LogP contribution in [0.4, 0.5) is 0 Å². The zero-order valence-corrected chi connectivity index (χ0v) is 31.0. The van der Waals surface area contributed by atoms with Crippen LogP contribution in [0, 0.1) is 0 Å². The highest BCUT2D eigenvalue weighted by Crippen LogP contribution is 2.38. The number of hydrogen-bond acceptors (Lipinski definition) is 7. The smallest absolute Gasteiger partial charge is 0.285 e. The zero-order chi connectivity index (χ0) is 34.6. The van der Waals surface area contributed by atoms with Gasteiger partial charge in [-0.05, 0) is 87.5 Å². The maximum atomic E-state index is 6.67. The Morgan fingerprint density at radius 3 is 1.78 bits per heavy atom. The van der Waals surface area contributed by atoms with Gasteiger partial charge in [0.1, 0.15) is 18.3 Å².